The second-order valence-corrected chi connectivity index (χ2v) is 19.3. The van der Waals surface area contributed by atoms with E-state index in [1.165, 1.54) is 5.57 Å². The average molecular weight is 819 g/mol. The van der Waals surface area contributed by atoms with E-state index in [9.17, 15) is 48.7 Å². The van der Waals surface area contributed by atoms with Crippen molar-refractivity contribution in [3.8, 4) is 0 Å². The summed E-state index contributed by atoms with van der Waals surface area (Å²) in [6.45, 7) is 10.0. The molecule has 0 aromatic rings. The fourth-order valence-corrected chi connectivity index (χ4v) is 12.4. The molecule has 8 N–H and O–H groups in total. The van der Waals surface area contributed by atoms with Gasteiger partial charge < -0.3 is 59.4 Å². The Morgan fingerprint density at radius 1 is 0.946 bits per heavy atom. The van der Waals surface area contributed by atoms with Crippen LogP contribution in [0.15, 0.2) is 23.0 Å². The molecule has 5 fully saturated rings. The molecule has 3 heterocycles. The molecule has 0 radical (unpaired) electrons. The monoisotopic (exact) mass is 818 g/mol. The van der Waals surface area contributed by atoms with Gasteiger partial charge in [-0.2, -0.15) is 8.42 Å². The summed E-state index contributed by atoms with van der Waals surface area (Å²) in [4.78, 5) is 0. The topological polar surface area (TPSA) is 251 Å². The number of fused-ring (bicyclic) bond motifs is 7. The van der Waals surface area contributed by atoms with Crippen LogP contribution in [0.4, 0.5) is 0 Å². The first-order valence-electron chi connectivity index (χ1n) is 20.3. The van der Waals surface area contributed by atoms with Gasteiger partial charge in [-0.15, -0.1) is 0 Å². The largest absolute Gasteiger partial charge is 0.494 e. The summed E-state index contributed by atoms with van der Waals surface area (Å²) < 4.78 is 68.8. The van der Waals surface area contributed by atoms with Gasteiger partial charge in [0.2, 0.25) is 0 Å². The summed E-state index contributed by atoms with van der Waals surface area (Å²) in [5.41, 5.74) is 1.61. The lowest BCUT2D eigenvalue weighted by atomic mass is 9.46. The predicted octanol–water partition coefficient (Wildman–Crippen LogP) is 1.09. The standard InChI is InChI=1S/C39H62O16S/c1-17(16-50-36-34(45)33(44)31(42)27(15-40)53-36)6-9-25-18(2)29-26(52-25)14-24-22-8-7-20-12-21(55-56(47,48)49)13-28(39(20,5)23(22)10-11-38(24,29)4)54-37-35(46)32(43)30(41)19(3)51-37/h7,17,19,21-24,26-37,40-46H,6,8-16H2,1-5H3,(H,47,48,49)/t17?,19-,21-,22-,23+,24+,26+,27-,28-,29+,30+,31-,32+,33+,34-,35-,36-,37+,38+,39+/m1/s1. The quantitative estimate of drug-likeness (QED) is 0.107. The lowest BCUT2D eigenvalue weighted by Crippen LogP contribution is -2.61. The number of allylic oxidation sites excluding steroid dienone is 2. The first-order chi connectivity index (χ1) is 26.3. The lowest BCUT2D eigenvalue weighted by molar-refractivity contribution is -0.318. The summed E-state index contributed by atoms with van der Waals surface area (Å²) in [6.07, 6.45) is -7.10. The van der Waals surface area contributed by atoms with Crippen molar-refractivity contribution in [3.05, 3.63) is 23.0 Å². The zero-order valence-electron chi connectivity index (χ0n) is 32.8. The van der Waals surface area contributed by atoms with Gasteiger partial charge in [-0.05, 0) is 87.0 Å². The van der Waals surface area contributed by atoms with Gasteiger partial charge in [0.15, 0.2) is 12.6 Å². The van der Waals surface area contributed by atoms with Crippen LogP contribution >= 0.6 is 0 Å². The SMILES string of the molecule is CC1=C(CCC(C)CO[C@@H]2O[C@H](CO)[C@@H](O)[C@H](O)[C@H]2O)O[C@H]2C[C@H]3[C@@H]4CC=C5C[C@@H](OS(=O)(=O)O)C[C@@H](O[C@@H]6O[C@H](C)[C@H](O)[C@H](O)[C@H]6O)[C@]5(C)[C@H]4CC[C@]3(C)[C@@H]12. The van der Waals surface area contributed by atoms with Crippen LogP contribution in [-0.2, 0) is 38.3 Å². The van der Waals surface area contributed by atoms with Crippen molar-refractivity contribution < 1.29 is 76.6 Å². The number of aliphatic hydroxyl groups excluding tert-OH is 7. The lowest BCUT2D eigenvalue weighted by Gasteiger charge is -2.60. The summed E-state index contributed by atoms with van der Waals surface area (Å²) in [7, 11) is -4.76. The van der Waals surface area contributed by atoms with Crippen LogP contribution in [0.5, 0.6) is 0 Å². The minimum atomic E-state index is -4.76. The molecular formula is C39H62O16S. The van der Waals surface area contributed by atoms with E-state index in [1.807, 2.05) is 6.92 Å². The Kier molecular flexibility index (Phi) is 12.2. The maximum Gasteiger partial charge on any atom is 0.397 e. The van der Waals surface area contributed by atoms with Gasteiger partial charge >= 0.3 is 10.4 Å². The summed E-state index contributed by atoms with van der Waals surface area (Å²) in [6, 6.07) is 0. The van der Waals surface area contributed by atoms with E-state index in [1.54, 1.807) is 6.92 Å². The molecule has 2 saturated heterocycles. The third-order valence-electron chi connectivity index (χ3n) is 15.0. The number of hydrogen-bond acceptors (Lipinski definition) is 15. The van der Waals surface area contributed by atoms with Crippen LogP contribution in [0.2, 0.25) is 0 Å². The van der Waals surface area contributed by atoms with Crippen molar-refractivity contribution in [2.24, 2.45) is 40.4 Å². The van der Waals surface area contributed by atoms with Gasteiger partial charge in [-0.1, -0.05) is 32.4 Å². The highest BCUT2D eigenvalue weighted by atomic mass is 32.3. The fraction of sp³-hybridized carbons (Fsp3) is 0.897. The number of ether oxygens (including phenoxy) is 5. The van der Waals surface area contributed by atoms with E-state index in [4.69, 9.17) is 27.9 Å². The second kappa shape index (κ2) is 16.0. The molecule has 1 unspecified atom stereocenters. The Labute approximate surface area is 328 Å². The fourth-order valence-electron chi connectivity index (χ4n) is 11.9. The maximum absolute atomic E-state index is 11.8. The van der Waals surface area contributed by atoms with Crippen molar-refractivity contribution in [3.63, 3.8) is 0 Å². The van der Waals surface area contributed by atoms with E-state index >= 15 is 0 Å². The van der Waals surface area contributed by atoms with Gasteiger partial charge in [-0.25, -0.2) is 4.18 Å². The maximum atomic E-state index is 11.8. The van der Waals surface area contributed by atoms with Crippen LogP contribution in [0.25, 0.3) is 0 Å². The van der Waals surface area contributed by atoms with Crippen molar-refractivity contribution in [2.75, 3.05) is 13.2 Å². The average Bonchev–Trinajstić information content (AvgIpc) is 3.62. The first kappa shape index (κ1) is 42.8. The van der Waals surface area contributed by atoms with E-state index in [0.29, 0.717) is 18.8 Å². The highest BCUT2D eigenvalue weighted by Crippen LogP contribution is 2.69. The molecule has 0 aromatic heterocycles. The molecule has 0 amide bonds. The minimum absolute atomic E-state index is 0.0306. The van der Waals surface area contributed by atoms with Crippen LogP contribution in [-0.4, -0.2) is 142 Å². The minimum Gasteiger partial charge on any atom is -0.494 e. The third kappa shape index (κ3) is 7.54. The van der Waals surface area contributed by atoms with Crippen LogP contribution in [0.1, 0.15) is 86.0 Å². The summed E-state index contributed by atoms with van der Waals surface area (Å²) in [5.74, 6) is 2.03. The van der Waals surface area contributed by atoms with Gasteiger partial charge in [0, 0.05) is 24.2 Å². The summed E-state index contributed by atoms with van der Waals surface area (Å²) >= 11 is 0. The van der Waals surface area contributed by atoms with Gasteiger partial charge in [0.05, 0.1) is 37.3 Å². The van der Waals surface area contributed by atoms with E-state index in [-0.39, 0.29) is 48.2 Å². The van der Waals surface area contributed by atoms with Crippen molar-refractivity contribution in [1.29, 1.82) is 0 Å². The molecule has 3 aliphatic heterocycles. The van der Waals surface area contributed by atoms with E-state index in [0.717, 1.165) is 43.4 Å². The second-order valence-electron chi connectivity index (χ2n) is 18.2. The molecule has 56 heavy (non-hydrogen) atoms. The van der Waals surface area contributed by atoms with Crippen molar-refractivity contribution in [1.82, 2.24) is 0 Å². The smallest absolute Gasteiger partial charge is 0.397 e. The van der Waals surface area contributed by atoms with Crippen LogP contribution < -0.4 is 0 Å². The Bertz CT molecular complexity index is 1600. The Morgan fingerprint density at radius 3 is 2.34 bits per heavy atom. The highest BCUT2D eigenvalue weighted by Gasteiger charge is 2.65. The molecule has 0 spiro atoms. The first-order valence-corrected chi connectivity index (χ1v) is 21.6. The predicted molar refractivity (Wildman–Crippen MR) is 195 cm³/mol. The Balaban J connectivity index is 1.04. The Morgan fingerprint density at radius 2 is 1.64 bits per heavy atom. The number of aliphatic hydroxyl groups is 7. The molecule has 320 valence electrons. The van der Waals surface area contributed by atoms with E-state index in [2.05, 4.69) is 26.8 Å². The third-order valence-corrected chi connectivity index (χ3v) is 15.5. The zero-order valence-corrected chi connectivity index (χ0v) is 33.6. The molecule has 0 aromatic carbocycles. The molecule has 16 nitrogen and oxygen atoms in total. The molecule has 3 saturated carbocycles. The molecule has 20 atom stereocenters. The highest BCUT2D eigenvalue weighted by molar-refractivity contribution is 7.80. The van der Waals surface area contributed by atoms with Crippen LogP contribution in [0, 0.1) is 40.4 Å². The molecule has 7 rings (SSSR count). The molecule has 17 heteroatoms. The molecule has 4 aliphatic carbocycles. The zero-order chi connectivity index (χ0) is 40.6. The number of hydrogen-bond donors (Lipinski definition) is 8. The van der Waals surface area contributed by atoms with Crippen molar-refractivity contribution in [2.45, 2.75) is 166 Å². The Hall–Kier alpha value is -1.29. The van der Waals surface area contributed by atoms with Gasteiger partial charge in [-0.3, -0.25) is 4.55 Å². The number of rotatable bonds is 11. The summed E-state index contributed by atoms with van der Waals surface area (Å²) in [5, 5.41) is 71.8. The molecule has 7 aliphatic rings. The van der Waals surface area contributed by atoms with E-state index < -0.39 is 96.0 Å². The van der Waals surface area contributed by atoms with Crippen LogP contribution in [0.3, 0.4) is 0 Å². The van der Waals surface area contributed by atoms with Crippen molar-refractivity contribution >= 4 is 10.4 Å². The normalized spacial score (nSPS) is 49.7. The van der Waals surface area contributed by atoms with Gasteiger partial charge in [0.1, 0.15) is 48.8 Å². The molecule has 0 bridgehead atoms. The molecular weight excluding hydrogens is 756 g/mol. The van der Waals surface area contributed by atoms with Gasteiger partial charge in [0.25, 0.3) is 0 Å².